The molecule has 184 valence electrons. The Morgan fingerprint density at radius 1 is 1.03 bits per heavy atom. The Hall–Kier alpha value is -4.43. The lowest BCUT2D eigenvalue weighted by atomic mass is 10.0. The van der Waals surface area contributed by atoms with Crippen LogP contribution < -0.4 is 10.1 Å². The number of nitrogens with one attached hydrogen (secondary N) is 1. The number of fused-ring (bicyclic) bond motifs is 1. The van der Waals surface area contributed by atoms with Crippen LogP contribution in [0.4, 0.5) is 5.69 Å². The fraction of sp³-hybridized carbons (Fsp3) is 0.103. The van der Waals surface area contributed by atoms with E-state index in [0.29, 0.717) is 23.2 Å². The zero-order valence-electron chi connectivity index (χ0n) is 20.3. The van der Waals surface area contributed by atoms with Gasteiger partial charge in [0.2, 0.25) is 5.91 Å². The van der Waals surface area contributed by atoms with E-state index < -0.39 is 0 Å². The predicted molar refractivity (Wildman–Crippen MR) is 149 cm³/mol. The van der Waals surface area contributed by atoms with Crippen LogP contribution in [0.1, 0.15) is 0 Å². The third-order valence-corrected chi connectivity index (χ3v) is 6.73. The number of para-hydroxylation sites is 1. The van der Waals surface area contributed by atoms with Crippen LogP contribution in [0.3, 0.4) is 0 Å². The van der Waals surface area contributed by atoms with Crippen LogP contribution in [0.5, 0.6) is 5.75 Å². The number of aromatic nitrogens is 4. The molecular formula is C29H25N5O2S. The van der Waals surface area contributed by atoms with E-state index in [2.05, 4.69) is 22.1 Å². The van der Waals surface area contributed by atoms with Gasteiger partial charge in [0.1, 0.15) is 5.75 Å². The topological polar surface area (TPSA) is 81.9 Å². The standard InChI is InChI=1S/C29H25N5O2S/c1-3-17-34-28(32-33-29(34)37-19-27(35)30-21-13-15-22(36-2)16-14-21)24-18-26(20-9-5-4-6-10-20)31-25-12-8-7-11-23(24)25/h3-16,18H,1,17,19H2,2H3,(H,30,35). The predicted octanol–water partition coefficient (Wildman–Crippen LogP) is 6.09. The van der Waals surface area contributed by atoms with Crippen molar-refractivity contribution in [2.24, 2.45) is 0 Å². The second-order valence-corrected chi connectivity index (χ2v) is 9.15. The summed E-state index contributed by atoms with van der Waals surface area (Å²) in [5, 5.41) is 13.5. The molecule has 7 nitrogen and oxygen atoms in total. The average Bonchev–Trinajstić information content (AvgIpc) is 3.34. The molecule has 0 fully saturated rings. The summed E-state index contributed by atoms with van der Waals surface area (Å²) in [6, 6.07) is 27.3. The van der Waals surface area contributed by atoms with Crippen molar-refractivity contribution in [3.8, 4) is 28.4 Å². The Labute approximate surface area is 219 Å². The number of methoxy groups -OCH3 is 1. The van der Waals surface area contributed by atoms with E-state index in [0.717, 1.165) is 33.5 Å². The molecule has 1 N–H and O–H groups in total. The zero-order valence-corrected chi connectivity index (χ0v) is 21.1. The number of carbonyl (C=O) groups is 1. The summed E-state index contributed by atoms with van der Waals surface area (Å²) >= 11 is 1.33. The van der Waals surface area contributed by atoms with Gasteiger partial charge < -0.3 is 10.1 Å². The molecule has 37 heavy (non-hydrogen) atoms. The molecule has 5 rings (SSSR count). The van der Waals surface area contributed by atoms with Crippen molar-refractivity contribution in [2.45, 2.75) is 11.7 Å². The fourth-order valence-corrected chi connectivity index (χ4v) is 4.75. The van der Waals surface area contributed by atoms with Crippen molar-refractivity contribution < 1.29 is 9.53 Å². The summed E-state index contributed by atoms with van der Waals surface area (Å²) in [5.41, 5.74) is 4.38. The summed E-state index contributed by atoms with van der Waals surface area (Å²) in [6.45, 7) is 4.42. The molecule has 0 aliphatic rings. The number of pyridine rings is 1. The van der Waals surface area contributed by atoms with Crippen molar-refractivity contribution in [3.05, 3.63) is 97.6 Å². The van der Waals surface area contributed by atoms with Gasteiger partial charge in [0, 0.05) is 28.7 Å². The number of ether oxygens (including phenoxy) is 1. The molecule has 1 amide bonds. The highest BCUT2D eigenvalue weighted by atomic mass is 32.2. The quantitative estimate of drug-likeness (QED) is 0.192. The molecule has 8 heteroatoms. The average molecular weight is 508 g/mol. The maximum atomic E-state index is 12.6. The molecule has 0 unspecified atom stereocenters. The van der Waals surface area contributed by atoms with Crippen molar-refractivity contribution in [2.75, 3.05) is 18.2 Å². The lowest BCUT2D eigenvalue weighted by Gasteiger charge is -2.12. The first-order valence-corrected chi connectivity index (χ1v) is 12.7. The van der Waals surface area contributed by atoms with Crippen molar-refractivity contribution in [3.63, 3.8) is 0 Å². The molecule has 0 aliphatic heterocycles. The van der Waals surface area contributed by atoms with Crippen LogP contribution in [-0.4, -0.2) is 38.5 Å². The highest BCUT2D eigenvalue weighted by Gasteiger charge is 2.18. The third-order valence-electron chi connectivity index (χ3n) is 5.76. The van der Waals surface area contributed by atoms with Gasteiger partial charge in [0.05, 0.1) is 24.1 Å². The van der Waals surface area contributed by atoms with Gasteiger partial charge in [-0.15, -0.1) is 16.8 Å². The molecule has 0 saturated heterocycles. The highest BCUT2D eigenvalue weighted by Crippen LogP contribution is 2.33. The van der Waals surface area contributed by atoms with Crippen LogP contribution in [0.25, 0.3) is 33.5 Å². The molecule has 5 aromatic rings. The number of hydrogen-bond acceptors (Lipinski definition) is 6. The zero-order chi connectivity index (χ0) is 25.6. The van der Waals surface area contributed by atoms with E-state index in [9.17, 15) is 4.79 Å². The number of benzene rings is 3. The maximum absolute atomic E-state index is 12.6. The van der Waals surface area contributed by atoms with Gasteiger partial charge in [-0.2, -0.15) is 0 Å². The Morgan fingerprint density at radius 3 is 2.54 bits per heavy atom. The summed E-state index contributed by atoms with van der Waals surface area (Å²) in [6.07, 6.45) is 1.80. The number of anilines is 1. The molecule has 0 radical (unpaired) electrons. The van der Waals surface area contributed by atoms with Crippen LogP contribution in [0.15, 0.2) is 103 Å². The van der Waals surface area contributed by atoms with E-state index >= 15 is 0 Å². The van der Waals surface area contributed by atoms with Gasteiger partial charge >= 0.3 is 0 Å². The largest absolute Gasteiger partial charge is 0.497 e. The van der Waals surface area contributed by atoms with E-state index in [1.807, 2.05) is 65.2 Å². The molecule has 0 aliphatic carbocycles. The van der Waals surface area contributed by atoms with Crippen molar-refractivity contribution in [1.82, 2.24) is 19.7 Å². The molecule has 2 heterocycles. The molecule has 0 saturated carbocycles. The van der Waals surface area contributed by atoms with Crippen LogP contribution >= 0.6 is 11.8 Å². The third kappa shape index (κ3) is 5.39. The number of amides is 1. The molecule has 2 aromatic heterocycles. The summed E-state index contributed by atoms with van der Waals surface area (Å²) in [7, 11) is 1.61. The number of allylic oxidation sites excluding steroid dienone is 1. The van der Waals surface area contributed by atoms with Gasteiger partial charge in [0.25, 0.3) is 0 Å². The molecule has 3 aromatic carbocycles. The Balaban J connectivity index is 1.45. The van der Waals surface area contributed by atoms with E-state index in [1.54, 1.807) is 37.5 Å². The van der Waals surface area contributed by atoms with Crippen molar-refractivity contribution in [1.29, 1.82) is 0 Å². The second kappa shape index (κ2) is 11.1. The number of thioether (sulfide) groups is 1. The van der Waals surface area contributed by atoms with Gasteiger partial charge in [-0.25, -0.2) is 4.98 Å². The normalized spacial score (nSPS) is 10.8. The molecule has 0 bridgehead atoms. The SMILES string of the molecule is C=CCn1c(SCC(=O)Nc2ccc(OC)cc2)nnc1-c1cc(-c2ccccc2)nc2ccccc12. The van der Waals surface area contributed by atoms with Gasteiger partial charge in [-0.3, -0.25) is 9.36 Å². The minimum Gasteiger partial charge on any atom is -0.497 e. The maximum Gasteiger partial charge on any atom is 0.234 e. The van der Waals surface area contributed by atoms with Gasteiger partial charge in [-0.1, -0.05) is 66.4 Å². The number of nitrogens with zero attached hydrogens (tertiary/aromatic N) is 4. The van der Waals surface area contributed by atoms with Gasteiger partial charge in [0.15, 0.2) is 11.0 Å². The number of hydrogen-bond donors (Lipinski definition) is 1. The van der Waals surface area contributed by atoms with Gasteiger partial charge in [-0.05, 0) is 36.4 Å². The first-order valence-electron chi connectivity index (χ1n) is 11.7. The lowest BCUT2D eigenvalue weighted by molar-refractivity contribution is -0.113. The number of rotatable bonds is 9. The number of carbonyl (C=O) groups excluding carboxylic acids is 1. The molecule has 0 spiro atoms. The summed E-state index contributed by atoms with van der Waals surface area (Å²) < 4.78 is 7.15. The van der Waals surface area contributed by atoms with Crippen LogP contribution in [0.2, 0.25) is 0 Å². The summed E-state index contributed by atoms with van der Waals surface area (Å²) in [5.74, 6) is 1.49. The summed E-state index contributed by atoms with van der Waals surface area (Å²) in [4.78, 5) is 17.5. The van der Waals surface area contributed by atoms with Crippen molar-refractivity contribution >= 4 is 34.3 Å². The lowest BCUT2D eigenvalue weighted by Crippen LogP contribution is -2.14. The molecule has 0 atom stereocenters. The van der Waals surface area contributed by atoms with E-state index in [4.69, 9.17) is 9.72 Å². The highest BCUT2D eigenvalue weighted by molar-refractivity contribution is 7.99. The first kappa shape index (κ1) is 24.3. The Morgan fingerprint density at radius 2 is 1.78 bits per heavy atom. The first-order chi connectivity index (χ1) is 18.2. The fourth-order valence-electron chi connectivity index (χ4n) is 4.01. The Kier molecular flexibility index (Phi) is 7.28. The second-order valence-electron chi connectivity index (χ2n) is 8.21. The van der Waals surface area contributed by atoms with Crippen LogP contribution in [0, 0.1) is 0 Å². The van der Waals surface area contributed by atoms with E-state index in [-0.39, 0.29) is 11.7 Å². The smallest absolute Gasteiger partial charge is 0.234 e. The monoisotopic (exact) mass is 507 g/mol. The van der Waals surface area contributed by atoms with Crippen LogP contribution in [-0.2, 0) is 11.3 Å². The minimum absolute atomic E-state index is 0.134. The minimum atomic E-state index is -0.134. The Bertz CT molecular complexity index is 1550. The molecular weight excluding hydrogens is 482 g/mol. The van der Waals surface area contributed by atoms with E-state index in [1.165, 1.54) is 11.8 Å².